The molecule has 0 heterocycles. The molecule has 0 aliphatic heterocycles. The van der Waals surface area contributed by atoms with Crippen LogP contribution in [0.5, 0.6) is 5.75 Å². The molecule has 0 aromatic heterocycles. The van der Waals surface area contributed by atoms with Gasteiger partial charge in [-0.05, 0) is 49.1 Å². The Bertz CT molecular complexity index is 678. The van der Waals surface area contributed by atoms with Crippen LogP contribution in [0.25, 0.3) is 0 Å². The summed E-state index contributed by atoms with van der Waals surface area (Å²) < 4.78 is 5.60. The summed E-state index contributed by atoms with van der Waals surface area (Å²) in [4.78, 5) is 12.0. The lowest BCUT2D eigenvalue weighted by Gasteiger charge is -2.13. The van der Waals surface area contributed by atoms with E-state index in [1.165, 1.54) is 5.56 Å². The highest BCUT2D eigenvalue weighted by Gasteiger charge is 2.13. The van der Waals surface area contributed by atoms with Crippen LogP contribution in [0.15, 0.2) is 53.6 Å². The van der Waals surface area contributed by atoms with Gasteiger partial charge in [-0.25, -0.2) is 5.43 Å². The topological polar surface area (TPSA) is 50.7 Å². The smallest absolute Gasteiger partial charge is 0.280 e. The van der Waals surface area contributed by atoms with E-state index in [4.69, 9.17) is 4.74 Å². The average Bonchev–Trinajstić information content (AvgIpc) is 2.55. The molecule has 120 valence electrons. The van der Waals surface area contributed by atoms with E-state index in [1.807, 2.05) is 55.5 Å². The Morgan fingerprint density at radius 3 is 2.65 bits per heavy atom. The molecule has 0 aliphatic rings. The number of carbonyl (C=O) groups is 1. The third-order valence-electron chi connectivity index (χ3n) is 3.45. The van der Waals surface area contributed by atoms with Gasteiger partial charge >= 0.3 is 0 Å². The molecule has 0 radical (unpaired) electrons. The molecular formula is C19H22N2O2. The predicted molar refractivity (Wildman–Crippen MR) is 92.8 cm³/mol. The van der Waals surface area contributed by atoms with Gasteiger partial charge in [0.1, 0.15) is 5.75 Å². The number of nitrogens with one attached hydrogen (secondary N) is 1. The summed E-state index contributed by atoms with van der Waals surface area (Å²) in [6.07, 6.45) is 2.01. The summed E-state index contributed by atoms with van der Waals surface area (Å²) in [5.41, 5.74) is 5.80. The van der Waals surface area contributed by atoms with Crippen LogP contribution >= 0.6 is 0 Å². The quantitative estimate of drug-likeness (QED) is 0.656. The number of hydrogen-bond donors (Lipinski definition) is 1. The molecule has 0 fully saturated rings. The number of carbonyl (C=O) groups excluding carboxylic acids is 1. The van der Waals surface area contributed by atoms with E-state index in [1.54, 1.807) is 13.1 Å². The van der Waals surface area contributed by atoms with Gasteiger partial charge < -0.3 is 4.74 Å². The second-order valence-corrected chi connectivity index (χ2v) is 5.41. The number of aryl methyl sites for hydroxylation is 2. The first kappa shape index (κ1) is 16.7. The van der Waals surface area contributed by atoms with Crippen LogP contribution in [0.4, 0.5) is 0 Å². The van der Waals surface area contributed by atoms with Crippen molar-refractivity contribution < 1.29 is 9.53 Å². The van der Waals surface area contributed by atoms with Crippen LogP contribution in [0.3, 0.4) is 0 Å². The Hall–Kier alpha value is -2.62. The Morgan fingerprint density at radius 2 is 2.00 bits per heavy atom. The molecule has 0 bridgehead atoms. The number of nitrogens with zero attached hydrogens (tertiary/aromatic N) is 1. The van der Waals surface area contributed by atoms with E-state index in [0.29, 0.717) is 5.75 Å². The van der Waals surface area contributed by atoms with Crippen LogP contribution < -0.4 is 10.2 Å². The van der Waals surface area contributed by atoms with Gasteiger partial charge in [-0.2, -0.15) is 5.10 Å². The fourth-order valence-electron chi connectivity index (χ4n) is 2.05. The summed E-state index contributed by atoms with van der Waals surface area (Å²) in [6, 6.07) is 15.6. The second kappa shape index (κ2) is 8.13. The van der Waals surface area contributed by atoms with Crippen LogP contribution in [-0.4, -0.2) is 18.2 Å². The highest BCUT2D eigenvalue weighted by Crippen LogP contribution is 2.14. The van der Waals surface area contributed by atoms with Crippen molar-refractivity contribution in [3.8, 4) is 5.75 Å². The normalized spacial score (nSPS) is 12.1. The third kappa shape index (κ3) is 5.25. The summed E-state index contributed by atoms with van der Waals surface area (Å²) in [5, 5.41) is 3.97. The van der Waals surface area contributed by atoms with Gasteiger partial charge in [-0.15, -0.1) is 0 Å². The minimum Gasteiger partial charge on any atom is -0.481 e. The SMILES string of the molecule is CCc1ccc(/C=N\NC(=O)[C@H](C)Oc2cccc(C)c2)cc1. The Kier molecular flexibility index (Phi) is 5.92. The molecule has 2 aromatic rings. The maximum absolute atomic E-state index is 12.0. The van der Waals surface area contributed by atoms with Crippen LogP contribution in [0.2, 0.25) is 0 Å². The Balaban J connectivity index is 1.86. The number of benzene rings is 2. The zero-order valence-electron chi connectivity index (χ0n) is 13.7. The first-order valence-corrected chi connectivity index (χ1v) is 7.73. The van der Waals surface area contributed by atoms with E-state index in [9.17, 15) is 4.79 Å². The number of rotatable bonds is 6. The molecule has 2 aromatic carbocycles. The van der Waals surface area contributed by atoms with Crippen LogP contribution in [0.1, 0.15) is 30.5 Å². The van der Waals surface area contributed by atoms with Crippen molar-refractivity contribution in [1.29, 1.82) is 0 Å². The van der Waals surface area contributed by atoms with Crippen LogP contribution in [-0.2, 0) is 11.2 Å². The van der Waals surface area contributed by atoms with E-state index in [2.05, 4.69) is 17.5 Å². The number of amides is 1. The van der Waals surface area contributed by atoms with Gasteiger partial charge in [-0.1, -0.05) is 43.3 Å². The molecule has 0 saturated carbocycles. The van der Waals surface area contributed by atoms with Crippen LogP contribution in [0, 0.1) is 6.92 Å². The summed E-state index contributed by atoms with van der Waals surface area (Å²) in [6.45, 7) is 5.79. The molecular weight excluding hydrogens is 288 g/mol. The average molecular weight is 310 g/mol. The van der Waals surface area contributed by atoms with Crippen molar-refractivity contribution in [3.05, 3.63) is 65.2 Å². The van der Waals surface area contributed by atoms with E-state index in [0.717, 1.165) is 17.5 Å². The van der Waals surface area contributed by atoms with Gasteiger partial charge in [-0.3, -0.25) is 4.79 Å². The number of hydrazone groups is 1. The molecule has 23 heavy (non-hydrogen) atoms. The van der Waals surface area contributed by atoms with Gasteiger partial charge in [0.05, 0.1) is 6.21 Å². The minimum absolute atomic E-state index is 0.284. The minimum atomic E-state index is -0.614. The molecule has 1 amide bonds. The van der Waals surface area contributed by atoms with E-state index in [-0.39, 0.29) is 5.91 Å². The van der Waals surface area contributed by atoms with Gasteiger partial charge in [0.2, 0.25) is 0 Å². The summed E-state index contributed by atoms with van der Waals surface area (Å²) >= 11 is 0. The zero-order valence-corrected chi connectivity index (χ0v) is 13.7. The lowest BCUT2D eigenvalue weighted by atomic mass is 10.1. The molecule has 0 aliphatic carbocycles. The highest BCUT2D eigenvalue weighted by atomic mass is 16.5. The molecule has 4 heteroatoms. The highest BCUT2D eigenvalue weighted by molar-refractivity contribution is 5.84. The molecule has 0 spiro atoms. The maximum Gasteiger partial charge on any atom is 0.280 e. The standard InChI is InChI=1S/C19H22N2O2/c1-4-16-8-10-17(11-9-16)13-20-21-19(22)15(3)23-18-7-5-6-14(2)12-18/h5-13,15H,4H2,1-3H3,(H,21,22)/b20-13-/t15-/m0/s1. The Labute approximate surface area is 137 Å². The van der Waals surface area contributed by atoms with Crippen molar-refractivity contribution in [3.63, 3.8) is 0 Å². The largest absolute Gasteiger partial charge is 0.481 e. The molecule has 2 rings (SSSR count). The van der Waals surface area contributed by atoms with Gasteiger partial charge in [0, 0.05) is 0 Å². The lowest BCUT2D eigenvalue weighted by molar-refractivity contribution is -0.127. The van der Waals surface area contributed by atoms with Crippen molar-refractivity contribution in [2.75, 3.05) is 0 Å². The molecule has 0 unspecified atom stereocenters. The van der Waals surface area contributed by atoms with Crippen molar-refractivity contribution in [2.45, 2.75) is 33.3 Å². The maximum atomic E-state index is 12.0. The molecule has 4 nitrogen and oxygen atoms in total. The van der Waals surface area contributed by atoms with E-state index >= 15 is 0 Å². The van der Waals surface area contributed by atoms with Gasteiger partial charge in [0.15, 0.2) is 6.10 Å². The van der Waals surface area contributed by atoms with Crippen molar-refractivity contribution in [1.82, 2.24) is 5.43 Å². The Morgan fingerprint density at radius 1 is 1.26 bits per heavy atom. The first-order chi connectivity index (χ1) is 11.1. The lowest BCUT2D eigenvalue weighted by Crippen LogP contribution is -2.33. The second-order valence-electron chi connectivity index (χ2n) is 5.41. The zero-order chi connectivity index (χ0) is 16.7. The summed E-state index contributed by atoms with van der Waals surface area (Å²) in [7, 11) is 0. The third-order valence-corrected chi connectivity index (χ3v) is 3.45. The fraction of sp³-hybridized carbons (Fsp3) is 0.263. The number of hydrogen-bond acceptors (Lipinski definition) is 3. The monoisotopic (exact) mass is 310 g/mol. The molecule has 1 atom stereocenters. The van der Waals surface area contributed by atoms with Gasteiger partial charge in [0.25, 0.3) is 5.91 Å². The predicted octanol–water partition coefficient (Wildman–Crippen LogP) is 3.48. The molecule has 0 saturated heterocycles. The number of ether oxygens (including phenoxy) is 1. The van der Waals surface area contributed by atoms with Crippen molar-refractivity contribution in [2.24, 2.45) is 5.10 Å². The summed E-state index contributed by atoms with van der Waals surface area (Å²) in [5.74, 6) is 0.389. The van der Waals surface area contributed by atoms with E-state index < -0.39 is 6.10 Å². The molecule has 1 N–H and O–H groups in total. The fourth-order valence-corrected chi connectivity index (χ4v) is 2.05. The van der Waals surface area contributed by atoms with Crippen molar-refractivity contribution >= 4 is 12.1 Å². The first-order valence-electron chi connectivity index (χ1n) is 7.73.